The van der Waals surface area contributed by atoms with Crippen LogP contribution in [0, 0.1) is 0 Å². The molecule has 6 nitrogen and oxygen atoms in total. The Morgan fingerprint density at radius 1 is 1.14 bits per heavy atom. The lowest BCUT2D eigenvalue weighted by Gasteiger charge is -2.37. The third-order valence-electron chi connectivity index (χ3n) is 6.39. The predicted molar refractivity (Wildman–Crippen MR) is 115 cm³/mol. The molecule has 0 radical (unpaired) electrons. The number of benzene rings is 1. The van der Waals surface area contributed by atoms with Crippen molar-refractivity contribution in [1.29, 1.82) is 0 Å². The number of guanidine groups is 1. The maximum atomic E-state index is 12.6. The first-order chi connectivity index (χ1) is 14.3. The molecule has 2 unspecified atom stereocenters. The van der Waals surface area contributed by atoms with E-state index in [1.165, 1.54) is 30.4 Å². The van der Waals surface area contributed by atoms with Crippen molar-refractivity contribution >= 4 is 11.9 Å². The second-order valence-electron chi connectivity index (χ2n) is 8.30. The Balaban J connectivity index is 1.36. The molecule has 6 heteroatoms. The van der Waals surface area contributed by atoms with Crippen LogP contribution >= 0.6 is 0 Å². The number of amides is 1. The Morgan fingerprint density at radius 2 is 1.93 bits per heavy atom. The minimum absolute atomic E-state index is 0.169. The van der Waals surface area contributed by atoms with Crippen LogP contribution in [0.25, 0.3) is 0 Å². The number of hydrogen-bond donors (Lipinski definition) is 1. The van der Waals surface area contributed by atoms with Crippen molar-refractivity contribution in [2.45, 2.75) is 51.0 Å². The number of nitrogens with one attached hydrogen (secondary N) is 1. The molecule has 2 aliphatic heterocycles. The highest BCUT2D eigenvalue weighted by atomic mass is 16.5. The molecule has 29 heavy (non-hydrogen) atoms. The topological polar surface area (TPSA) is 57.2 Å². The van der Waals surface area contributed by atoms with Gasteiger partial charge in [0.1, 0.15) is 6.10 Å². The van der Waals surface area contributed by atoms with E-state index in [2.05, 4.69) is 41.4 Å². The van der Waals surface area contributed by atoms with Crippen LogP contribution in [0.5, 0.6) is 0 Å². The molecular formula is C23H34N4O2. The van der Waals surface area contributed by atoms with E-state index in [-0.39, 0.29) is 12.0 Å². The van der Waals surface area contributed by atoms with Gasteiger partial charge < -0.3 is 19.9 Å². The van der Waals surface area contributed by atoms with Crippen molar-refractivity contribution in [1.82, 2.24) is 15.1 Å². The summed E-state index contributed by atoms with van der Waals surface area (Å²) >= 11 is 0. The second kappa shape index (κ2) is 9.61. The molecule has 1 N–H and O–H groups in total. The fourth-order valence-corrected chi connectivity index (χ4v) is 4.78. The van der Waals surface area contributed by atoms with Gasteiger partial charge in [0, 0.05) is 51.8 Å². The Kier molecular flexibility index (Phi) is 6.70. The largest absolute Gasteiger partial charge is 0.368 e. The molecule has 4 rings (SSSR count). The molecule has 1 amide bonds. The zero-order valence-corrected chi connectivity index (χ0v) is 17.6. The molecule has 0 saturated carbocycles. The van der Waals surface area contributed by atoms with Gasteiger partial charge in [-0.1, -0.05) is 24.3 Å². The van der Waals surface area contributed by atoms with Gasteiger partial charge in [-0.15, -0.1) is 0 Å². The first-order valence-electron chi connectivity index (χ1n) is 11.3. The molecule has 0 aromatic heterocycles. The van der Waals surface area contributed by atoms with Crippen LogP contribution in [0.1, 0.15) is 49.7 Å². The molecule has 2 fully saturated rings. The molecule has 158 valence electrons. The first-order valence-corrected chi connectivity index (χ1v) is 11.3. The lowest BCUT2D eigenvalue weighted by Crippen LogP contribution is -2.55. The Labute approximate surface area is 174 Å². The third kappa shape index (κ3) is 4.74. The highest BCUT2D eigenvalue weighted by Crippen LogP contribution is 2.31. The molecular weight excluding hydrogens is 364 g/mol. The van der Waals surface area contributed by atoms with E-state index in [0.29, 0.717) is 5.92 Å². The standard InChI is InChI=1S/C23H34N4O2/c1-2-24-23(25-17-19-9-5-8-18-7-3-4-10-20(18)19)27-14-12-26(13-15-27)22(28)21-11-6-16-29-21/h3-4,7,10,19,21H,2,5-6,8-9,11-17H2,1H3,(H,24,25). The molecule has 0 bridgehead atoms. The number of carbonyl (C=O) groups excluding carboxylic acids is 1. The zero-order valence-electron chi connectivity index (χ0n) is 17.6. The summed E-state index contributed by atoms with van der Waals surface area (Å²) in [5.74, 6) is 1.67. The normalized spacial score (nSPS) is 25.1. The summed E-state index contributed by atoms with van der Waals surface area (Å²) in [6.45, 7) is 7.66. The highest BCUT2D eigenvalue weighted by Gasteiger charge is 2.31. The summed E-state index contributed by atoms with van der Waals surface area (Å²) in [6, 6.07) is 8.83. The van der Waals surface area contributed by atoms with Gasteiger partial charge in [0.2, 0.25) is 0 Å². The van der Waals surface area contributed by atoms with Crippen LogP contribution in [0.4, 0.5) is 0 Å². The molecule has 1 aromatic carbocycles. The maximum Gasteiger partial charge on any atom is 0.251 e. The summed E-state index contributed by atoms with van der Waals surface area (Å²) in [4.78, 5) is 21.9. The van der Waals surface area contributed by atoms with Crippen LogP contribution in [-0.4, -0.2) is 73.6 Å². The molecule has 2 atom stereocenters. The van der Waals surface area contributed by atoms with E-state index in [9.17, 15) is 4.79 Å². The molecule has 0 spiro atoms. The lowest BCUT2D eigenvalue weighted by molar-refractivity contribution is -0.142. The van der Waals surface area contributed by atoms with Gasteiger partial charge >= 0.3 is 0 Å². The number of hydrogen-bond acceptors (Lipinski definition) is 3. The van der Waals surface area contributed by atoms with Gasteiger partial charge in [-0.2, -0.15) is 0 Å². The maximum absolute atomic E-state index is 12.6. The molecule has 1 aliphatic carbocycles. The number of nitrogens with zero attached hydrogens (tertiary/aromatic N) is 3. The monoisotopic (exact) mass is 398 g/mol. The van der Waals surface area contributed by atoms with Crippen molar-refractivity contribution in [2.75, 3.05) is 45.9 Å². The molecule has 2 saturated heterocycles. The number of carbonyl (C=O) groups is 1. The molecule has 1 aromatic rings. The fourth-order valence-electron chi connectivity index (χ4n) is 4.78. The van der Waals surface area contributed by atoms with Gasteiger partial charge in [0.25, 0.3) is 5.91 Å². The number of aryl methyl sites for hydroxylation is 1. The van der Waals surface area contributed by atoms with E-state index in [1.54, 1.807) is 0 Å². The van der Waals surface area contributed by atoms with Crippen molar-refractivity contribution in [3.8, 4) is 0 Å². The SMILES string of the molecule is CCNC(=NCC1CCCc2ccccc21)N1CCN(C(=O)C2CCCO2)CC1. The van der Waals surface area contributed by atoms with Crippen molar-refractivity contribution in [2.24, 2.45) is 4.99 Å². The summed E-state index contributed by atoms with van der Waals surface area (Å²) in [7, 11) is 0. The van der Waals surface area contributed by atoms with Crippen LogP contribution in [0.2, 0.25) is 0 Å². The second-order valence-corrected chi connectivity index (χ2v) is 8.30. The van der Waals surface area contributed by atoms with Crippen LogP contribution in [-0.2, 0) is 16.0 Å². The number of rotatable bonds is 4. The van der Waals surface area contributed by atoms with Crippen LogP contribution in [0.15, 0.2) is 29.3 Å². The number of fused-ring (bicyclic) bond motifs is 1. The highest BCUT2D eigenvalue weighted by molar-refractivity contribution is 5.83. The Morgan fingerprint density at radius 3 is 2.69 bits per heavy atom. The average molecular weight is 399 g/mol. The summed E-state index contributed by atoms with van der Waals surface area (Å²) in [6.07, 6.45) is 5.30. The Bertz CT molecular complexity index is 721. The fraction of sp³-hybridized carbons (Fsp3) is 0.652. The van der Waals surface area contributed by atoms with Gasteiger partial charge in [-0.3, -0.25) is 9.79 Å². The van der Waals surface area contributed by atoms with E-state index in [0.717, 1.165) is 64.7 Å². The predicted octanol–water partition coefficient (Wildman–Crippen LogP) is 2.40. The van der Waals surface area contributed by atoms with Gasteiger partial charge in [-0.05, 0) is 50.2 Å². The first kappa shape index (κ1) is 20.2. The summed E-state index contributed by atoms with van der Waals surface area (Å²) in [5, 5.41) is 3.46. The number of piperazine rings is 1. The summed E-state index contributed by atoms with van der Waals surface area (Å²) in [5.41, 5.74) is 2.97. The minimum Gasteiger partial charge on any atom is -0.368 e. The van der Waals surface area contributed by atoms with Crippen LogP contribution in [0.3, 0.4) is 0 Å². The average Bonchev–Trinajstić information content (AvgIpc) is 3.31. The van der Waals surface area contributed by atoms with Gasteiger partial charge in [-0.25, -0.2) is 0 Å². The molecule has 3 aliphatic rings. The van der Waals surface area contributed by atoms with Crippen molar-refractivity contribution in [3.05, 3.63) is 35.4 Å². The van der Waals surface area contributed by atoms with E-state index in [4.69, 9.17) is 9.73 Å². The number of ether oxygens (including phenoxy) is 1. The Hall–Kier alpha value is -2.08. The smallest absolute Gasteiger partial charge is 0.251 e. The minimum atomic E-state index is -0.213. The van der Waals surface area contributed by atoms with Crippen molar-refractivity contribution in [3.63, 3.8) is 0 Å². The quantitative estimate of drug-likeness (QED) is 0.625. The van der Waals surface area contributed by atoms with Gasteiger partial charge in [0.05, 0.1) is 0 Å². The third-order valence-corrected chi connectivity index (χ3v) is 6.39. The summed E-state index contributed by atoms with van der Waals surface area (Å²) < 4.78 is 5.57. The van der Waals surface area contributed by atoms with E-state index in [1.807, 2.05) is 4.90 Å². The van der Waals surface area contributed by atoms with Crippen molar-refractivity contribution < 1.29 is 9.53 Å². The zero-order chi connectivity index (χ0) is 20.1. The number of aliphatic imine (C=N–C) groups is 1. The lowest BCUT2D eigenvalue weighted by atomic mass is 9.83. The van der Waals surface area contributed by atoms with Crippen LogP contribution < -0.4 is 5.32 Å². The molecule has 2 heterocycles. The van der Waals surface area contributed by atoms with E-state index >= 15 is 0 Å². The van der Waals surface area contributed by atoms with Gasteiger partial charge in [0.15, 0.2) is 5.96 Å². The van der Waals surface area contributed by atoms with E-state index < -0.39 is 0 Å².